The van der Waals surface area contributed by atoms with Gasteiger partial charge in [-0.2, -0.15) is 4.98 Å². The van der Waals surface area contributed by atoms with Crippen LogP contribution in [0.1, 0.15) is 62.7 Å². The van der Waals surface area contributed by atoms with Crippen molar-refractivity contribution in [2.75, 3.05) is 26.7 Å². The summed E-state index contributed by atoms with van der Waals surface area (Å²) in [5.74, 6) is 2.92. The first-order chi connectivity index (χ1) is 9.74. The van der Waals surface area contributed by atoms with Crippen molar-refractivity contribution in [1.82, 2.24) is 20.4 Å². The molecule has 120 valence electrons. The van der Waals surface area contributed by atoms with Crippen LogP contribution in [-0.4, -0.2) is 41.7 Å². The van der Waals surface area contributed by atoms with Gasteiger partial charge in [-0.3, -0.25) is 4.90 Å². The van der Waals surface area contributed by atoms with Crippen molar-refractivity contribution in [3.63, 3.8) is 0 Å². The fourth-order valence-electron chi connectivity index (χ4n) is 3.52. The Hall–Kier alpha value is -0.650. The largest absolute Gasteiger partial charge is 0.339 e. The van der Waals surface area contributed by atoms with Crippen LogP contribution in [-0.2, 0) is 0 Å². The van der Waals surface area contributed by atoms with Gasteiger partial charge in [0.2, 0.25) is 5.89 Å². The van der Waals surface area contributed by atoms with Gasteiger partial charge in [-0.15, -0.1) is 12.4 Å². The minimum Gasteiger partial charge on any atom is -0.339 e. The number of rotatable bonds is 4. The minimum absolute atomic E-state index is 0. The van der Waals surface area contributed by atoms with Crippen LogP contribution in [0.15, 0.2) is 4.52 Å². The highest BCUT2D eigenvalue weighted by atomic mass is 35.5. The molecule has 1 aliphatic carbocycles. The molecular formula is C15H27ClN4O. The van der Waals surface area contributed by atoms with Gasteiger partial charge >= 0.3 is 0 Å². The molecule has 3 rings (SSSR count). The van der Waals surface area contributed by atoms with E-state index in [-0.39, 0.29) is 18.4 Å². The SMILES string of the molecule is CC(CC1CCCC1)c1nc(C2CNCCN2C)no1.Cl. The van der Waals surface area contributed by atoms with E-state index in [0.717, 1.165) is 37.3 Å². The summed E-state index contributed by atoms with van der Waals surface area (Å²) < 4.78 is 5.52. The summed E-state index contributed by atoms with van der Waals surface area (Å²) in [6, 6.07) is 0.250. The maximum absolute atomic E-state index is 5.52. The number of hydrogen-bond donors (Lipinski definition) is 1. The second-order valence-electron chi connectivity index (χ2n) is 6.48. The van der Waals surface area contributed by atoms with E-state index in [1.54, 1.807) is 0 Å². The zero-order valence-electron chi connectivity index (χ0n) is 13.0. The van der Waals surface area contributed by atoms with Crippen LogP contribution in [0.5, 0.6) is 0 Å². The van der Waals surface area contributed by atoms with Gasteiger partial charge in [0, 0.05) is 25.6 Å². The van der Waals surface area contributed by atoms with E-state index in [1.165, 1.54) is 32.1 Å². The second-order valence-corrected chi connectivity index (χ2v) is 6.48. The Kier molecular flexibility index (Phi) is 6.02. The molecule has 2 atom stereocenters. The van der Waals surface area contributed by atoms with Gasteiger partial charge in [-0.05, 0) is 19.4 Å². The van der Waals surface area contributed by atoms with Crippen molar-refractivity contribution in [2.45, 2.75) is 51.0 Å². The lowest BCUT2D eigenvalue weighted by atomic mass is 9.94. The van der Waals surface area contributed by atoms with E-state index >= 15 is 0 Å². The van der Waals surface area contributed by atoms with Crippen molar-refractivity contribution in [3.8, 4) is 0 Å². The topological polar surface area (TPSA) is 54.2 Å². The molecule has 1 aromatic heterocycles. The number of aromatic nitrogens is 2. The van der Waals surface area contributed by atoms with Gasteiger partial charge in [0.1, 0.15) is 0 Å². The fraction of sp³-hybridized carbons (Fsp3) is 0.867. The normalized spacial score (nSPS) is 25.7. The highest BCUT2D eigenvalue weighted by Gasteiger charge is 2.27. The molecule has 2 aliphatic rings. The fourth-order valence-corrected chi connectivity index (χ4v) is 3.52. The molecule has 0 bridgehead atoms. The Balaban J connectivity index is 0.00000161. The van der Waals surface area contributed by atoms with Crippen LogP contribution in [0.25, 0.3) is 0 Å². The number of nitrogens with one attached hydrogen (secondary N) is 1. The van der Waals surface area contributed by atoms with Crippen LogP contribution in [0.3, 0.4) is 0 Å². The van der Waals surface area contributed by atoms with Crippen LogP contribution >= 0.6 is 12.4 Å². The lowest BCUT2D eigenvalue weighted by molar-refractivity contribution is 0.190. The van der Waals surface area contributed by atoms with Gasteiger partial charge in [-0.1, -0.05) is 37.8 Å². The monoisotopic (exact) mass is 314 g/mol. The predicted molar refractivity (Wildman–Crippen MR) is 84.8 cm³/mol. The van der Waals surface area contributed by atoms with E-state index in [2.05, 4.69) is 34.3 Å². The molecule has 2 unspecified atom stereocenters. The van der Waals surface area contributed by atoms with E-state index in [4.69, 9.17) is 4.52 Å². The Morgan fingerprint density at radius 2 is 2.14 bits per heavy atom. The molecule has 1 N–H and O–H groups in total. The van der Waals surface area contributed by atoms with E-state index < -0.39 is 0 Å². The lowest BCUT2D eigenvalue weighted by Gasteiger charge is -2.30. The minimum atomic E-state index is 0. The number of nitrogens with zero attached hydrogens (tertiary/aromatic N) is 3. The van der Waals surface area contributed by atoms with Crippen molar-refractivity contribution < 1.29 is 4.52 Å². The molecule has 2 fully saturated rings. The smallest absolute Gasteiger partial charge is 0.229 e. The Labute approximate surface area is 133 Å². The summed E-state index contributed by atoms with van der Waals surface area (Å²) in [4.78, 5) is 6.97. The summed E-state index contributed by atoms with van der Waals surface area (Å²) >= 11 is 0. The van der Waals surface area contributed by atoms with E-state index in [0.29, 0.717) is 5.92 Å². The molecule has 1 aromatic rings. The predicted octanol–water partition coefficient (Wildman–Crippen LogP) is 2.75. The molecule has 0 radical (unpaired) electrons. The second kappa shape index (κ2) is 7.56. The molecular weight excluding hydrogens is 288 g/mol. The van der Waals surface area contributed by atoms with Crippen LogP contribution in [0.2, 0.25) is 0 Å². The summed E-state index contributed by atoms with van der Waals surface area (Å²) in [6.07, 6.45) is 6.73. The Morgan fingerprint density at radius 3 is 2.86 bits per heavy atom. The Morgan fingerprint density at radius 1 is 1.38 bits per heavy atom. The summed E-state index contributed by atoms with van der Waals surface area (Å²) in [5, 5.41) is 7.62. The highest BCUT2D eigenvalue weighted by Crippen LogP contribution is 2.33. The molecule has 1 saturated carbocycles. The highest BCUT2D eigenvalue weighted by molar-refractivity contribution is 5.85. The van der Waals surface area contributed by atoms with E-state index in [1.807, 2.05) is 0 Å². The maximum atomic E-state index is 5.52. The first-order valence-electron chi connectivity index (χ1n) is 7.98. The molecule has 21 heavy (non-hydrogen) atoms. The third-order valence-electron chi connectivity index (χ3n) is 4.85. The quantitative estimate of drug-likeness (QED) is 0.926. The number of hydrogen-bond acceptors (Lipinski definition) is 5. The zero-order valence-corrected chi connectivity index (χ0v) is 13.9. The van der Waals surface area contributed by atoms with Gasteiger partial charge in [0.25, 0.3) is 0 Å². The third-order valence-corrected chi connectivity index (χ3v) is 4.85. The van der Waals surface area contributed by atoms with Crippen LogP contribution in [0.4, 0.5) is 0 Å². The molecule has 0 aromatic carbocycles. The van der Waals surface area contributed by atoms with Gasteiger partial charge < -0.3 is 9.84 Å². The van der Waals surface area contributed by atoms with E-state index in [9.17, 15) is 0 Å². The summed E-state index contributed by atoms with van der Waals surface area (Å²) in [5.41, 5.74) is 0. The first-order valence-corrected chi connectivity index (χ1v) is 7.98. The number of halogens is 1. The molecule has 5 nitrogen and oxygen atoms in total. The standard InChI is InChI=1S/C15H26N4O.ClH/c1-11(9-12-5-3-4-6-12)15-17-14(18-20-15)13-10-16-7-8-19(13)2;/h11-13,16H,3-10H2,1-2H3;1H. The Bertz CT molecular complexity index is 433. The average molecular weight is 315 g/mol. The maximum Gasteiger partial charge on any atom is 0.229 e. The van der Waals surface area contributed by atoms with Crippen molar-refractivity contribution in [1.29, 1.82) is 0 Å². The first kappa shape index (κ1) is 16.7. The molecule has 2 heterocycles. The average Bonchev–Trinajstić information content (AvgIpc) is 3.10. The molecule has 6 heteroatoms. The zero-order chi connectivity index (χ0) is 13.9. The van der Waals surface area contributed by atoms with Crippen molar-refractivity contribution in [2.24, 2.45) is 5.92 Å². The van der Waals surface area contributed by atoms with Crippen molar-refractivity contribution >= 4 is 12.4 Å². The lowest BCUT2D eigenvalue weighted by Crippen LogP contribution is -2.44. The molecule has 1 saturated heterocycles. The van der Waals surface area contributed by atoms with Gasteiger partial charge in [0.15, 0.2) is 5.82 Å². The summed E-state index contributed by atoms with van der Waals surface area (Å²) in [6.45, 7) is 5.20. The molecule has 1 aliphatic heterocycles. The van der Waals surface area contributed by atoms with Crippen LogP contribution < -0.4 is 5.32 Å². The molecule has 0 amide bonds. The van der Waals surface area contributed by atoms with Gasteiger partial charge in [-0.25, -0.2) is 0 Å². The number of likely N-dealkylation sites (N-methyl/N-ethyl adjacent to an activating group) is 1. The third kappa shape index (κ3) is 3.96. The van der Waals surface area contributed by atoms with Crippen LogP contribution in [0, 0.1) is 5.92 Å². The summed E-state index contributed by atoms with van der Waals surface area (Å²) in [7, 11) is 2.13. The van der Waals surface area contributed by atoms with Gasteiger partial charge in [0.05, 0.1) is 6.04 Å². The van der Waals surface area contributed by atoms with Crippen molar-refractivity contribution in [3.05, 3.63) is 11.7 Å². The molecule has 0 spiro atoms. The number of piperazine rings is 1.